The molecule has 1 aliphatic rings. The number of alkyl halides is 1. The first kappa shape index (κ1) is 10.1. The number of halogens is 2. The van der Waals surface area contributed by atoms with E-state index in [9.17, 15) is 4.79 Å². The zero-order valence-electron chi connectivity index (χ0n) is 7.68. The van der Waals surface area contributed by atoms with Gasteiger partial charge in [0.1, 0.15) is 5.15 Å². The van der Waals surface area contributed by atoms with Crippen molar-refractivity contribution in [3.8, 4) is 0 Å². The van der Waals surface area contributed by atoms with Crippen LogP contribution in [0.2, 0.25) is 5.15 Å². The van der Waals surface area contributed by atoms with Gasteiger partial charge in [0.25, 0.3) is 0 Å². The Morgan fingerprint density at radius 3 is 3.00 bits per heavy atom. The second kappa shape index (κ2) is 3.31. The fourth-order valence-corrected chi connectivity index (χ4v) is 2.20. The van der Waals surface area contributed by atoms with Gasteiger partial charge in [0.2, 0.25) is 0 Å². The van der Waals surface area contributed by atoms with Crippen molar-refractivity contribution in [1.82, 2.24) is 4.98 Å². The van der Waals surface area contributed by atoms with Gasteiger partial charge < -0.3 is 0 Å². The Bertz CT molecular complexity index is 403. The highest BCUT2D eigenvalue weighted by Crippen LogP contribution is 2.34. The molecule has 2 nitrogen and oxygen atoms in total. The maximum absolute atomic E-state index is 11.9. The lowest BCUT2D eigenvalue weighted by atomic mass is 9.86. The Morgan fingerprint density at radius 2 is 2.29 bits per heavy atom. The SMILES string of the molecule is CC1(Br)CCc2nc(Cl)ccc2C1=O. The molecule has 14 heavy (non-hydrogen) atoms. The van der Waals surface area contributed by atoms with Gasteiger partial charge in [0.15, 0.2) is 5.78 Å². The summed E-state index contributed by atoms with van der Waals surface area (Å²) < 4.78 is -0.435. The Balaban J connectivity index is 2.52. The number of aryl methyl sites for hydroxylation is 1. The predicted molar refractivity (Wildman–Crippen MR) is 59.2 cm³/mol. The molecule has 0 spiro atoms. The van der Waals surface area contributed by atoms with Crippen LogP contribution in [0.3, 0.4) is 0 Å². The summed E-state index contributed by atoms with van der Waals surface area (Å²) in [5.41, 5.74) is 1.51. The Kier molecular flexibility index (Phi) is 2.40. The summed E-state index contributed by atoms with van der Waals surface area (Å²) in [5.74, 6) is 0.0999. The van der Waals surface area contributed by atoms with Crippen LogP contribution in [0.4, 0.5) is 0 Å². The molecule has 0 fully saturated rings. The molecule has 0 amide bonds. The molecule has 0 aromatic carbocycles. The second-order valence-corrected chi connectivity index (χ2v) is 5.79. The minimum Gasteiger partial charge on any atom is -0.293 e. The van der Waals surface area contributed by atoms with Gasteiger partial charge in [-0.05, 0) is 31.9 Å². The molecular weight excluding hydrogens is 265 g/mol. The highest BCUT2D eigenvalue weighted by Gasteiger charge is 2.36. The van der Waals surface area contributed by atoms with Gasteiger partial charge in [-0.3, -0.25) is 4.79 Å². The number of carbonyl (C=O) groups is 1. The largest absolute Gasteiger partial charge is 0.293 e. The fraction of sp³-hybridized carbons (Fsp3) is 0.400. The van der Waals surface area contributed by atoms with Gasteiger partial charge in [-0.15, -0.1) is 0 Å². The van der Waals surface area contributed by atoms with Crippen molar-refractivity contribution in [3.05, 3.63) is 28.5 Å². The minimum atomic E-state index is -0.435. The second-order valence-electron chi connectivity index (χ2n) is 3.65. The van der Waals surface area contributed by atoms with Crippen LogP contribution in [-0.2, 0) is 6.42 Å². The molecule has 1 atom stereocenters. The molecule has 2 rings (SSSR count). The number of rotatable bonds is 0. The summed E-state index contributed by atoms with van der Waals surface area (Å²) >= 11 is 9.20. The van der Waals surface area contributed by atoms with Crippen molar-refractivity contribution >= 4 is 33.3 Å². The molecule has 0 saturated heterocycles. The number of hydrogen-bond acceptors (Lipinski definition) is 2. The van der Waals surface area contributed by atoms with E-state index in [-0.39, 0.29) is 5.78 Å². The first-order valence-corrected chi connectivity index (χ1v) is 5.57. The Labute approximate surface area is 95.8 Å². The van der Waals surface area contributed by atoms with E-state index < -0.39 is 4.32 Å². The fourth-order valence-electron chi connectivity index (χ4n) is 1.62. The van der Waals surface area contributed by atoms with Crippen molar-refractivity contribution in [1.29, 1.82) is 0 Å². The monoisotopic (exact) mass is 273 g/mol. The summed E-state index contributed by atoms with van der Waals surface area (Å²) in [4.78, 5) is 16.1. The van der Waals surface area contributed by atoms with E-state index >= 15 is 0 Å². The number of hydrogen-bond donors (Lipinski definition) is 0. The van der Waals surface area contributed by atoms with Gasteiger partial charge >= 0.3 is 0 Å². The van der Waals surface area contributed by atoms with Crippen LogP contribution >= 0.6 is 27.5 Å². The van der Waals surface area contributed by atoms with Crippen molar-refractivity contribution in [2.45, 2.75) is 24.1 Å². The number of nitrogens with zero attached hydrogens (tertiary/aromatic N) is 1. The lowest BCUT2D eigenvalue weighted by molar-refractivity contribution is 0.0939. The average Bonchev–Trinajstić information content (AvgIpc) is 2.12. The summed E-state index contributed by atoms with van der Waals surface area (Å²) in [7, 11) is 0. The van der Waals surface area contributed by atoms with Crippen LogP contribution in [0.25, 0.3) is 0 Å². The number of carbonyl (C=O) groups excluding carboxylic acids is 1. The van der Waals surface area contributed by atoms with Crippen LogP contribution in [0.1, 0.15) is 29.4 Å². The lowest BCUT2D eigenvalue weighted by Gasteiger charge is -2.26. The molecule has 0 saturated carbocycles. The van der Waals surface area contributed by atoms with Gasteiger partial charge in [0.05, 0.1) is 10.0 Å². The molecule has 1 aliphatic carbocycles. The maximum atomic E-state index is 11.9. The van der Waals surface area contributed by atoms with Crippen LogP contribution in [0, 0.1) is 0 Å². The number of ketones is 1. The quantitative estimate of drug-likeness (QED) is 0.538. The standard InChI is InChI=1S/C10H9BrClNO/c1-10(11)5-4-7-6(9(10)14)2-3-8(12)13-7/h2-3H,4-5H2,1H3. The van der Waals surface area contributed by atoms with E-state index in [1.807, 2.05) is 6.92 Å². The number of aromatic nitrogens is 1. The third-order valence-electron chi connectivity index (χ3n) is 2.49. The third-order valence-corrected chi connectivity index (χ3v) is 3.46. The van der Waals surface area contributed by atoms with E-state index in [1.54, 1.807) is 12.1 Å². The molecule has 1 aromatic rings. The summed E-state index contributed by atoms with van der Waals surface area (Å²) in [6.45, 7) is 1.90. The lowest BCUT2D eigenvalue weighted by Crippen LogP contribution is -2.34. The molecule has 1 aromatic heterocycles. The van der Waals surface area contributed by atoms with Gasteiger partial charge in [-0.1, -0.05) is 27.5 Å². The first-order chi connectivity index (χ1) is 6.50. The number of Topliss-reactive ketones (excluding diaryl/α,β-unsaturated/α-hetero) is 1. The molecule has 1 unspecified atom stereocenters. The van der Waals surface area contributed by atoms with Gasteiger partial charge in [-0.2, -0.15) is 0 Å². The van der Waals surface area contributed by atoms with Gasteiger partial charge in [-0.25, -0.2) is 4.98 Å². The molecule has 74 valence electrons. The van der Waals surface area contributed by atoms with E-state index in [4.69, 9.17) is 11.6 Å². The van der Waals surface area contributed by atoms with E-state index in [0.717, 1.165) is 18.5 Å². The van der Waals surface area contributed by atoms with Crippen LogP contribution in [-0.4, -0.2) is 15.1 Å². The van der Waals surface area contributed by atoms with Crippen molar-refractivity contribution in [2.75, 3.05) is 0 Å². The predicted octanol–water partition coefficient (Wildman–Crippen LogP) is 3.02. The van der Waals surface area contributed by atoms with E-state index in [1.165, 1.54) is 0 Å². The number of fused-ring (bicyclic) bond motifs is 1. The molecule has 4 heteroatoms. The molecule has 0 bridgehead atoms. The van der Waals surface area contributed by atoms with E-state index in [2.05, 4.69) is 20.9 Å². The number of pyridine rings is 1. The Morgan fingerprint density at radius 1 is 1.57 bits per heavy atom. The smallest absolute Gasteiger partial charge is 0.181 e. The molecule has 0 radical (unpaired) electrons. The van der Waals surface area contributed by atoms with Crippen molar-refractivity contribution in [2.24, 2.45) is 0 Å². The topological polar surface area (TPSA) is 30.0 Å². The van der Waals surface area contributed by atoms with Crippen LogP contribution in [0.5, 0.6) is 0 Å². The van der Waals surface area contributed by atoms with Crippen molar-refractivity contribution < 1.29 is 4.79 Å². The van der Waals surface area contributed by atoms with E-state index in [0.29, 0.717) is 10.7 Å². The van der Waals surface area contributed by atoms with Crippen molar-refractivity contribution in [3.63, 3.8) is 0 Å². The Hall–Kier alpha value is -0.410. The molecule has 0 aliphatic heterocycles. The normalized spacial score (nSPS) is 26.1. The zero-order valence-corrected chi connectivity index (χ0v) is 10.0. The summed E-state index contributed by atoms with van der Waals surface area (Å²) in [6.07, 6.45) is 1.57. The average molecular weight is 275 g/mol. The molecule has 0 N–H and O–H groups in total. The summed E-state index contributed by atoms with van der Waals surface area (Å²) in [6, 6.07) is 3.42. The highest BCUT2D eigenvalue weighted by atomic mass is 79.9. The molecule has 1 heterocycles. The third kappa shape index (κ3) is 1.59. The zero-order chi connectivity index (χ0) is 10.3. The maximum Gasteiger partial charge on any atom is 0.181 e. The summed E-state index contributed by atoms with van der Waals surface area (Å²) in [5, 5.41) is 0.453. The molecular formula is C10H9BrClNO. The van der Waals surface area contributed by atoms with Gasteiger partial charge in [0, 0.05) is 5.56 Å². The first-order valence-electron chi connectivity index (χ1n) is 4.40. The highest BCUT2D eigenvalue weighted by molar-refractivity contribution is 9.10. The van der Waals surface area contributed by atoms with Crippen LogP contribution in [0.15, 0.2) is 12.1 Å². The minimum absolute atomic E-state index is 0.0999. The van der Waals surface area contributed by atoms with Crippen LogP contribution < -0.4 is 0 Å².